The highest BCUT2D eigenvalue weighted by Crippen LogP contribution is 2.27. The lowest BCUT2D eigenvalue weighted by atomic mass is 10.0. The molecule has 2 amide bonds. The Morgan fingerprint density at radius 1 is 1.30 bits per heavy atom. The van der Waals surface area contributed by atoms with Crippen molar-refractivity contribution in [2.75, 3.05) is 13.6 Å². The van der Waals surface area contributed by atoms with Gasteiger partial charge in [-0.25, -0.2) is 9.78 Å². The predicted molar refractivity (Wildman–Crippen MR) is 109 cm³/mol. The molecule has 1 aliphatic rings. The number of likely N-dealkylation sites (tertiary alicyclic amines) is 1. The van der Waals surface area contributed by atoms with E-state index < -0.39 is 17.6 Å². The average Bonchev–Trinajstić information content (AvgIpc) is 3.00. The second-order valence-corrected chi connectivity index (χ2v) is 6.96. The molecule has 8 nitrogen and oxygen atoms in total. The Hall–Kier alpha value is -3.96. The average molecular weight is 402 g/mol. The molecule has 3 heterocycles. The van der Waals surface area contributed by atoms with Gasteiger partial charge in [0, 0.05) is 43.4 Å². The van der Waals surface area contributed by atoms with Crippen molar-refractivity contribution >= 4 is 23.0 Å². The molecule has 8 heteroatoms. The molecule has 3 aromatic rings. The van der Waals surface area contributed by atoms with E-state index in [4.69, 9.17) is 10.5 Å². The van der Waals surface area contributed by atoms with Gasteiger partial charge in [-0.3, -0.25) is 9.78 Å². The van der Waals surface area contributed by atoms with Crippen LogP contribution in [0, 0.1) is 11.8 Å². The molecule has 2 aromatic heterocycles. The van der Waals surface area contributed by atoms with Gasteiger partial charge in [0.05, 0.1) is 11.2 Å². The quantitative estimate of drug-likeness (QED) is 0.630. The Morgan fingerprint density at radius 3 is 2.87 bits per heavy atom. The maximum absolute atomic E-state index is 12.1. The highest BCUT2D eigenvalue weighted by atomic mass is 16.5. The van der Waals surface area contributed by atoms with Gasteiger partial charge in [0.15, 0.2) is 5.75 Å². The number of fused-ring (bicyclic) bond motifs is 1. The molecule has 1 fully saturated rings. The van der Waals surface area contributed by atoms with Gasteiger partial charge in [-0.05, 0) is 24.3 Å². The van der Waals surface area contributed by atoms with Crippen molar-refractivity contribution in [1.29, 1.82) is 0 Å². The lowest BCUT2D eigenvalue weighted by Crippen LogP contribution is -2.37. The van der Waals surface area contributed by atoms with Gasteiger partial charge >= 0.3 is 6.09 Å². The van der Waals surface area contributed by atoms with E-state index in [-0.39, 0.29) is 12.2 Å². The molecule has 0 unspecified atom stereocenters. The summed E-state index contributed by atoms with van der Waals surface area (Å²) in [6.07, 6.45) is 0.846. The zero-order chi connectivity index (χ0) is 21.3. The van der Waals surface area contributed by atoms with E-state index in [1.807, 2.05) is 12.1 Å². The summed E-state index contributed by atoms with van der Waals surface area (Å²) in [6, 6.07) is 12.3. The van der Waals surface area contributed by atoms with Crippen LogP contribution in [0.5, 0.6) is 5.75 Å². The van der Waals surface area contributed by atoms with Crippen LogP contribution in [0.3, 0.4) is 0 Å². The molecular weight excluding hydrogens is 384 g/mol. The smallest absolute Gasteiger partial charge is 0.408 e. The monoisotopic (exact) mass is 402 g/mol. The second-order valence-electron chi connectivity index (χ2n) is 6.96. The van der Waals surface area contributed by atoms with Gasteiger partial charge in [0.2, 0.25) is 5.60 Å². The first-order valence-electron chi connectivity index (χ1n) is 9.20. The first-order chi connectivity index (χ1) is 14.4. The fourth-order valence-electron chi connectivity index (χ4n) is 3.25. The van der Waals surface area contributed by atoms with Crippen molar-refractivity contribution in [1.82, 2.24) is 14.9 Å². The topological polar surface area (TPSA) is 119 Å². The maximum atomic E-state index is 12.1. The number of nitrogens with two attached hydrogens (primary N) is 1. The Balaban J connectivity index is 1.69. The summed E-state index contributed by atoms with van der Waals surface area (Å²) in [6.45, 7) is 0.467. The molecule has 30 heavy (non-hydrogen) atoms. The summed E-state index contributed by atoms with van der Waals surface area (Å²) in [7, 11) is 1.64. The molecule has 1 aromatic carbocycles. The maximum Gasteiger partial charge on any atom is 0.410 e. The summed E-state index contributed by atoms with van der Waals surface area (Å²) in [5.74, 6) is 5.42. The van der Waals surface area contributed by atoms with Crippen LogP contribution < -0.4 is 10.5 Å². The van der Waals surface area contributed by atoms with Crippen molar-refractivity contribution < 1.29 is 19.4 Å². The van der Waals surface area contributed by atoms with E-state index in [1.54, 1.807) is 31.3 Å². The lowest BCUT2D eigenvalue weighted by molar-refractivity contribution is -0.137. The SMILES string of the molecule is CN1CC[C@@](O)(C#Cc2cccc(-c3ccc4nccc(OC(N)=O)c4n3)c2)C1=O. The number of ether oxygens (including phenoxy) is 1. The molecule has 0 aliphatic carbocycles. The third-order valence-corrected chi connectivity index (χ3v) is 4.84. The largest absolute Gasteiger partial charge is 0.410 e. The minimum Gasteiger partial charge on any atom is -0.408 e. The molecule has 1 saturated heterocycles. The number of primary amides is 1. The van der Waals surface area contributed by atoms with Crippen molar-refractivity contribution in [3.8, 4) is 28.8 Å². The minimum absolute atomic E-state index is 0.219. The van der Waals surface area contributed by atoms with E-state index in [0.29, 0.717) is 28.8 Å². The molecule has 4 rings (SSSR count). The predicted octanol–water partition coefficient (Wildman–Crippen LogP) is 1.70. The number of aromatic nitrogens is 2. The molecular formula is C22H18N4O4. The van der Waals surface area contributed by atoms with E-state index >= 15 is 0 Å². The standard InChI is InChI=1S/C22H18N4O4/c1-26-12-10-22(29,20(26)27)9-7-14-3-2-4-15(13-14)16-5-6-17-19(25-16)18(8-11-24-17)30-21(23)28/h2-6,8,11,13,29H,10,12H2,1H3,(H2,23,28)/t22-/m0/s1. The zero-order valence-corrected chi connectivity index (χ0v) is 16.1. The molecule has 0 radical (unpaired) electrons. The summed E-state index contributed by atoms with van der Waals surface area (Å²) in [4.78, 5) is 33.5. The van der Waals surface area contributed by atoms with Crippen molar-refractivity contribution in [2.24, 2.45) is 5.73 Å². The van der Waals surface area contributed by atoms with E-state index in [0.717, 1.165) is 5.56 Å². The van der Waals surface area contributed by atoms with Crippen LogP contribution >= 0.6 is 0 Å². The van der Waals surface area contributed by atoms with Crippen LogP contribution in [0.2, 0.25) is 0 Å². The molecule has 1 aliphatic heterocycles. The number of hydrogen-bond donors (Lipinski definition) is 2. The normalized spacial score (nSPS) is 18.2. The number of likely N-dealkylation sites (N-methyl/N-ethyl adjacent to an activating group) is 1. The highest BCUT2D eigenvalue weighted by molar-refractivity contribution is 5.90. The zero-order valence-electron chi connectivity index (χ0n) is 16.1. The highest BCUT2D eigenvalue weighted by Gasteiger charge is 2.42. The molecule has 150 valence electrons. The summed E-state index contributed by atoms with van der Waals surface area (Å²) >= 11 is 0. The fourth-order valence-corrected chi connectivity index (χ4v) is 3.25. The Morgan fingerprint density at radius 2 is 2.13 bits per heavy atom. The number of amides is 2. The van der Waals surface area contributed by atoms with E-state index in [1.165, 1.54) is 17.2 Å². The first kappa shape index (κ1) is 19.4. The summed E-state index contributed by atoms with van der Waals surface area (Å²) < 4.78 is 5.02. The second kappa shape index (κ2) is 7.46. The number of nitrogens with zero attached hydrogens (tertiary/aromatic N) is 3. The fraction of sp³-hybridized carbons (Fsp3) is 0.182. The van der Waals surface area contributed by atoms with Crippen LogP contribution in [0.25, 0.3) is 22.3 Å². The molecule has 0 bridgehead atoms. The molecule has 0 saturated carbocycles. The Kier molecular flexibility index (Phi) is 4.82. The number of carbonyl (C=O) groups excluding carboxylic acids is 2. The summed E-state index contributed by atoms with van der Waals surface area (Å²) in [5, 5.41) is 10.5. The number of pyridine rings is 2. The molecule has 1 atom stereocenters. The van der Waals surface area contributed by atoms with Gasteiger partial charge in [-0.2, -0.15) is 0 Å². The lowest BCUT2D eigenvalue weighted by Gasteiger charge is -2.13. The van der Waals surface area contributed by atoms with Gasteiger partial charge in [0.25, 0.3) is 5.91 Å². The number of hydrogen-bond acceptors (Lipinski definition) is 6. The van der Waals surface area contributed by atoms with Crippen LogP contribution in [0.1, 0.15) is 12.0 Å². The van der Waals surface area contributed by atoms with E-state index in [9.17, 15) is 14.7 Å². The number of carbonyl (C=O) groups is 2. The van der Waals surface area contributed by atoms with Gasteiger partial charge in [-0.1, -0.05) is 24.0 Å². The van der Waals surface area contributed by atoms with Crippen molar-refractivity contribution in [2.45, 2.75) is 12.0 Å². The third-order valence-electron chi connectivity index (χ3n) is 4.84. The van der Waals surface area contributed by atoms with E-state index in [2.05, 4.69) is 21.8 Å². The Bertz CT molecular complexity index is 1230. The number of aliphatic hydroxyl groups is 1. The van der Waals surface area contributed by atoms with Crippen molar-refractivity contribution in [3.05, 3.63) is 54.2 Å². The number of rotatable bonds is 2. The van der Waals surface area contributed by atoms with Crippen molar-refractivity contribution in [3.63, 3.8) is 0 Å². The minimum atomic E-state index is -1.65. The first-order valence-corrected chi connectivity index (χ1v) is 9.20. The summed E-state index contributed by atoms with van der Waals surface area (Å²) in [5.41, 5.74) is 6.44. The van der Waals surface area contributed by atoms with Crippen LogP contribution in [-0.2, 0) is 4.79 Å². The van der Waals surface area contributed by atoms with Gasteiger partial charge < -0.3 is 20.5 Å². The molecule has 0 spiro atoms. The Labute approximate surface area is 172 Å². The van der Waals surface area contributed by atoms with Gasteiger partial charge in [0.1, 0.15) is 5.52 Å². The van der Waals surface area contributed by atoms with Crippen LogP contribution in [0.15, 0.2) is 48.7 Å². The van der Waals surface area contributed by atoms with Crippen LogP contribution in [-0.4, -0.2) is 51.2 Å². The third kappa shape index (κ3) is 3.66. The number of benzene rings is 1. The van der Waals surface area contributed by atoms with Gasteiger partial charge in [-0.15, -0.1) is 0 Å². The van der Waals surface area contributed by atoms with Crippen LogP contribution in [0.4, 0.5) is 4.79 Å². The molecule has 3 N–H and O–H groups in total.